The van der Waals surface area contributed by atoms with E-state index in [1.807, 2.05) is 0 Å². The molecule has 3 rings (SSSR count). The standard InChI is InChI=1S/C19H23NO/c1-15(14-21)20-12-18-8-4-2-6-16(18)10-11-17-7-3-5-9-19(17)13-20/h2-9,15,21H,10-14H2,1H3. The fraction of sp³-hybridized carbons (Fsp3) is 0.368. The molecule has 2 nitrogen and oxygen atoms in total. The van der Waals surface area contributed by atoms with Gasteiger partial charge in [0.1, 0.15) is 0 Å². The molecule has 0 radical (unpaired) electrons. The van der Waals surface area contributed by atoms with Crippen molar-refractivity contribution >= 4 is 0 Å². The highest BCUT2D eigenvalue weighted by molar-refractivity contribution is 5.33. The molecule has 2 aromatic rings. The highest BCUT2D eigenvalue weighted by atomic mass is 16.3. The largest absolute Gasteiger partial charge is 0.395 e. The second kappa shape index (κ2) is 6.42. The van der Waals surface area contributed by atoms with Crippen molar-refractivity contribution in [1.29, 1.82) is 0 Å². The van der Waals surface area contributed by atoms with E-state index in [9.17, 15) is 5.11 Å². The first-order valence-corrected chi connectivity index (χ1v) is 7.76. The van der Waals surface area contributed by atoms with E-state index in [4.69, 9.17) is 0 Å². The number of aliphatic hydroxyl groups excluding tert-OH is 1. The van der Waals surface area contributed by atoms with Gasteiger partial charge in [-0.15, -0.1) is 0 Å². The van der Waals surface area contributed by atoms with Crippen LogP contribution in [0.4, 0.5) is 0 Å². The third-order valence-corrected chi connectivity index (χ3v) is 4.53. The predicted molar refractivity (Wildman–Crippen MR) is 86.1 cm³/mol. The van der Waals surface area contributed by atoms with E-state index in [-0.39, 0.29) is 12.6 Å². The first kappa shape index (κ1) is 14.3. The van der Waals surface area contributed by atoms with E-state index in [1.54, 1.807) is 0 Å². The summed E-state index contributed by atoms with van der Waals surface area (Å²) in [7, 11) is 0. The Kier molecular flexibility index (Phi) is 4.37. The van der Waals surface area contributed by atoms with Crippen molar-refractivity contribution in [3.8, 4) is 0 Å². The van der Waals surface area contributed by atoms with Gasteiger partial charge in [0, 0.05) is 19.1 Å². The highest BCUT2D eigenvalue weighted by Crippen LogP contribution is 2.23. The molecule has 0 saturated heterocycles. The SMILES string of the molecule is CC(CO)N1Cc2ccccc2CCc2ccccc2C1. The molecule has 1 aliphatic rings. The normalized spacial score (nSPS) is 17.0. The minimum Gasteiger partial charge on any atom is -0.395 e. The zero-order valence-corrected chi connectivity index (χ0v) is 12.6. The summed E-state index contributed by atoms with van der Waals surface area (Å²) in [5.74, 6) is 0. The molecule has 2 aromatic carbocycles. The molecule has 0 saturated carbocycles. The number of rotatable bonds is 2. The van der Waals surface area contributed by atoms with Crippen LogP contribution in [0.3, 0.4) is 0 Å². The molecule has 0 spiro atoms. The smallest absolute Gasteiger partial charge is 0.0584 e. The summed E-state index contributed by atoms with van der Waals surface area (Å²) < 4.78 is 0. The minimum atomic E-state index is 0.171. The quantitative estimate of drug-likeness (QED) is 0.914. The van der Waals surface area contributed by atoms with Crippen LogP contribution in [0.2, 0.25) is 0 Å². The molecule has 1 N–H and O–H groups in total. The average Bonchev–Trinajstić information content (AvgIpc) is 2.61. The van der Waals surface area contributed by atoms with Gasteiger partial charge in [-0.25, -0.2) is 0 Å². The zero-order valence-electron chi connectivity index (χ0n) is 12.6. The van der Waals surface area contributed by atoms with Gasteiger partial charge in [0.2, 0.25) is 0 Å². The Morgan fingerprint density at radius 3 is 1.71 bits per heavy atom. The Morgan fingerprint density at radius 2 is 1.29 bits per heavy atom. The monoisotopic (exact) mass is 281 g/mol. The van der Waals surface area contributed by atoms with Crippen LogP contribution in [0.5, 0.6) is 0 Å². The first-order chi connectivity index (χ1) is 10.3. The van der Waals surface area contributed by atoms with Crippen LogP contribution >= 0.6 is 0 Å². The van der Waals surface area contributed by atoms with Crippen LogP contribution < -0.4 is 0 Å². The molecule has 1 aliphatic heterocycles. The molecular formula is C19H23NO. The summed E-state index contributed by atoms with van der Waals surface area (Å²) >= 11 is 0. The van der Waals surface area contributed by atoms with E-state index in [0.717, 1.165) is 25.9 Å². The summed E-state index contributed by atoms with van der Waals surface area (Å²) in [5, 5.41) is 9.57. The molecule has 0 amide bonds. The Hall–Kier alpha value is -1.64. The van der Waals surface area contributed by atoms with Crippen LogP contribution in [0.1, 0.15) is 29.2 Å². The first-order valence-electron chi connectivity index (χ1n) is 7.76. The molecule has 0 fully saturated rings. The van der Waals surface area contributed by atoms with Crippen LogP contribution in [0.25, 0.3) is 0 Å². The molecule has 0 aromatic heterocycles. The van der Waals surface area contributed by atoms with Crippen LogP contribution in [0, 0.1) is 0 Å². The molecule has 2 heteroatoms. The molecule has 1 heterocycles. The van der Waals surface area contributed by atoms with Gasteiger partial charge >= 0.3 is 0 Å². The maximum Gasteiger partial charge on any atom is 0.0584 e. The fourth-order valence-electron chi connectivity index (χ4n) is 3.10. The van der Waals surface area contributed by atoms with E-state index in [1.165, 1.54) is 22.3 Å². The van der Waals surface area contributed by atoms with Crippen LogP contribution in [-0.2, 0) is 25.9 Å². The molecule has 110 valence electrons. The van der Waals surface area contributed by atoms with Gasteiger partial charge in [0.25, 0.3) is 0 Å². The van der Waals surface area contributed by atoms with Crippen LogP contribution in [0.15, 0.2) is 48.5 Å². The molecule has 0 aliphatic carbocycles. The van der Waals surface area contributed by atoms with Gasteiger partial charge in [-0.1, -0.05) is 48.5 Å². The van der Waals surface area contributed by atoms with Crippen molar-refractivity contribution in [2.75, 3.05) is 6.61 Å². The topological polar surface area (TPSA) is 23.5 Å². The number of aryl methyl sites for hydroxylation is 2. The Bertz CT molecular complexity index is 559. The van der Waals surface area contributed by atoms with E-state index < -0.39 is 0 Å². The van der Waals surface area contributed by atoms with Gasteiger partial charge in [-0.3, -0.25) is 4.90 Å². The maximum atomic E-state index is 9.57. The van der Waals surface area contributed by atoms with Crippen molar-refractivity contribution in [2.24, 2.45) is 0 Å². The number of aliphatic hydroxyl groups is 1. The maximum absolute atomic E-state index is 9.57. The number of hydrogen-bond donors (Lipinski definition) is 1. The van der Waals surface area contributed by atoms with Crippen molar-refractivity contribution in [3.05, 3.63) is 70.8 Å². The lowest BCUT2D eigenvalue weighted by atomic mass is 9.98. The highest BCUT2D eigenvalue weighted by Gasteiger charge is 2.18. The number of fused-ring (bicyclic) bond motifs is 2. The van der Waals surface area contributed by atoms with E-state index in [0.29, 0.717) is 0 Å². The number of hydrogen-bond acceptors (Lipinski definition) is 2. The molecule has 1 atom stereocenters. The van der Waals surface area contributed by atoms with Crippen molar-refractivity contribution in [3.63, 3.8) is 0 Å². The third-order valence-electron chi connectivity index (χ3n) is 4.53. The lowest BCUT2D eigenvalue weighted by Gasteiger charge is -2.28. The van der Waals surface area contributed by atoms with Gasteiger partial charge < -0.3 is 5.11 Å². The summed E-state index contributed by atoms with van der Waals surface area (Å²) in [5.41, 5.74) is 5.66. The van der Waals surface area contributed by atoms with Crippen molar-refractivity contribution in [2.45, 2.75) is 38.9 Å². The molecular weight excluding hydrogens is 258 g/mol. The molecule has 21 heavy (non-hydrogen) atoms. The molecule has 0 bridgehead atoms. The lowest BCUT2D eigenvalue weighted by molar-refractivity contribution is 0.121. The zero-order chi connectivity index (χ0) is 14.7. The number of benzene rings is 2. The van der Waals surface area contributed by atoms with Crippen LogP contribution in [-0.4, -0.2) is 22.7 Å². The van der Waals surface area contributed by atoms with Gasteiger partial charge in [0.15, 0.2) is 0 Å². The second-order valence-corrected chi connectivity index (χ2v) is 5.97. The van der Waals surface area contributed by atoms with E-state index in [2.05, 4.69) is 60.4 Å². The lowest BCUT2D eigenvalue weighted by Crippen LogP contribution is -2.35. The number of nitrogens with zero attached hydrogens (tertiary/aromatic N) is 1. The summed E-state index contributed by atoms with van der Waals surface area (Å²) in [6.07, 6.45) is 2.18. The second-order valence-electron chi connectivity index (χ2n) is 5.97. The fourth-order valence-corrected chi connectivity index (χ4v) is 3.10. The van der Waals surface area contributed by atoms with Gasteiger partial charge in [0.05, 0.1) is 6.61 Å². The predicted octanol–water partition coefficient (Wildman–Crippen LogP) is 3.17. The third kappa shape index (κ3) is 3.17. The summed E-state index contributed by atoms with van der Waals surface area (Å²) in [6.45, 7) is 4.12. The Labute approximate surface area is 127 Å². The molecule has 1 unspecified atom stereocenters. The Morgan fingerprint density at radius 1 is 0.857 bits per heavy atom. The van der Waals surface area contributed by atoms with Crippen molar-refractivity contribution < 1.29 is 5.11 Å². The van der Waals surface area contributed by atoms with Gasteiger partial charge in [-0.2, -0.15) is 0 Å². The summed E-state index contributed by atoms with van der Waals surface area (Å²) in [6, 6.07) is 17.6. The van der Waals surface area contributed by atoms with Gasteiger partial charge in [-0.05, 0) is 42.0 Å². The minimum absolute atomic E-state index is 0.171. The van der Waals surface area contributed by atoms with Crippen molar-refractivity contribution in [1.82, 2.24) is 4.90 Å². The average molecular weight is 281 g/mol. The Balaban J connectivity index is 2.00. The van der Waals surface area contributed by atoms with E-state index >= 15 is 0 Å². The summed E-state index contributed by atoms with van der Waals surface area (Å²) in [4.78, 5) is 2.38.